The van der Waals surface area contributed by atoms with Gasteiger partial charge >= 0.3 is 0 Å². The SMILES string of the molecule is Cc1cc2oc3cc4oc5cc(N(c6ccc(-c7ccccc7)cc6)C6C=CC=CC6)c6ccccc6c5c4cc3c2c2ccccc12. The second-order valence-electron chi connectivity index (χ2n) is 12.9. The van der Waals surface area contributed by atoms with Gasteiger partial charge < -0.3 is 13.7 Å². The summed E-state index contributed by atoms with van der Waals surface area (Å²) in [5, 5.41) is 9.35. The van der Waals surface area contributed by atoms with Crippen molar-refractivity contribution < 1.29 is 8.83 Å². The van der Waals surface area contributed by atoms with Crippen LogP contribution in [0.5, 0.6) is 0 Å². The average molecular weight is 618 g/mol. The van der Waals surface area contributed by atoms with Crippen molar-refractivity contribution in [3.8, 4) is 11.1 Å². The number of hydrogen-bond donors (Lipinski definition) is 0. The smallest absolute Gasteiger partial charge is 0.139 e. The first-order valence-electron chi connectivity index (χ1n) is 16.6. The number of nitrogens with zero attached hydrogens (tertiary/aromatic N) is 1. The molecule has 0 saturated carbocycles. The van der Waals surface area contributed by atoms with Gasteiger partial charge in [0.1, 0.15) is 22.3 Å². The van der Waals surface area contributed by atoms with E-state index < -0.39 is 0 Å². The lowest BCUT2D eigenvalue weighted by molar-refractivity contribution is 0.656. The molecule has 1 aliphatic rings. The van der Waals surface area contributed by atoms with Crippen molar-refractivity contribution in [2.75, 3.05) is 4.90 Å². The number of rotatable bonds is 4. The first-order valence-corrected chi connectivity index (χ1v) is 16.6. The maximum Gasteiger partial charge on any atom is 0.139 e. The first-order chi connectivity index (χ1) is 23.7. The monoisotopic (exact) mass is 617 g/mol. The first kappa shape index (κ1) is 27.1. The van der Waals surface area contributed by atoms with Crippen LogP contribution in [0.4, 0.5) is 11.4 Å². The van der Waals surface area contributed by atoms with Crippen molar-refractivity contribution in [3.63, 3.8) is 0 Å². The Morgan fingerprint density at radius 3 is 1.81 bits per heavy atom. The Balaban J connectivity index is 1.21. The fraction of sp³-hybridized carbons (Fsp3) is 0.0667. The summed E-state index contributed by atoms with van der Waals surface area (Å²) in [5.41, 5.74) is 9.37. The van der Waals surface area contributed by atoms with Gasteiger partial charge in [0, 0.05) is 44.8 Å². The number of hydrogen-bond acceptors (Lipinski definition) is 3. The molecule has 10 rings (SSSR count). The molecular formula is C45H31NO2. The van der Waals surface area contributed by atoms with E-state index in [9.17, 15) is 0 Å². The van der Waals surface area contributed by atoms with E-state index in [2.05, 4.69) is 164 Å². The van der Waals surface area contributed by atoms with E-state index >= 15 is 0 Å². The van der Waals surface area contributed by atoms with Crippen LogP contribution in [0.2, 0.25) is 0 Å². The molecule has 0 bridgehead atoms. The zero-order valence-electron chi connectivity index (χ0n) is 26.5. The van der Waals surface area contributed by atoms with Crippen molar-refractivity contribution in [1.29, 1.82) is 0 Å². The molecule has 2 heterocycles. The van der Waals surface area contributed by atoms with Crippen LogP contribution in [0, 0.1) is 6.92 Å². The Morgan fingerprint density at radius 2 is 1.12 bits per heavy atom. The summed E-state index contributed by atoms with van der Waals surface area (Å²) in [6.45, 7) is 2.15. The normalized spacial score (nSPS) is 14.7. The van der Waals surface area contributed by atoms with E-state index in [1.165, 1.54) is 38.2 Å². The summed E-state index contributed by atoms with van der Waals surface area (Å²) >= 11 is 0. The summed E-state index contributed by atoms with van der Waals surface area (Å²) in [5.74, 6) is 0. The van der Waals surface area contributed by atoms with Gasteiger partial charge in [0.05, 0.1) is 11.7 Å². The van der Waals surface area contributed by atoms with Gasteiger partial charge in [-0.3, -0.25) is 0 Å². The van der Waals surface area contributed by atoms with Crippen molar-refractivity contribution in [2.24, 2.45) is 0 Å². The zero-order valence-corrected chi connectivity index (χ0v) is 26.5. The topological polar surface area (TPSA) is 29.5 Å². The van der Waals surface area contributed by atoms with Crippen LogP contribution in [0.3, 0.4) is 0 Å². The van der Waals surface area contributed by atoms with Crippen molar-refractivity contribution in [3.05, 3.63) is 157 Å². The van der Waals surface area contributed by atoms with Gasteiger partial charge in [0.2, 0.25) is 0 Å². The van der Waals surface area contributed by atoms with Crippen molar-refractivity contribution in [2.45, 2.75) is 19.4 Å². The third kappa shape index (κ3) is 4.07. The van der Waals surface area contributed by atoms with Crippen LogP contribution in [0.15, 0.2) is 161 Å². The second kappa shape index (κ2) is 10.5. The molecule has 0 fully saturated rings. The molecule has 7 aromatic carbocycles. The quantitative estimate of drug-likeness (QED) is 0.197. The highest BCUT2D eigenvalue weighted by molar-refractivity contribution is 6.27. The van der Waals surface area contributed by atoms with Crippen molar-refractivity contribution >= 4 is 76.8 Å². The predicted octanol–water partition coefficient (Wildman–Crippen LogP) is 12.8. The Morgan fingerprint density at radius 1 is 0.521 bits per heavy atom. The van der Waals surface area contributed by atoms with Gasteiger partial charge in [-0.05, 0) is 70.5 Å². The lowest BCUT2D eigenvalue weighted by Crippen LogP contribution is -2.30. The van der Waals surface area contributed by atoms with Gasteiger partial charge in [-0.2, -0.15) is 0 Å². The Labute approximate surface area is 277 Å². The number of anilines is 2. The minimum Gasteiger partial charge on any atom is -0.456 e. The number of aryl methyl sites for hydroxylation is 1. The van der Waals surface area contributed by atoms with Crippen LogP contribution in [-0.2, 0) is 0 Å². The molecule has 0 amide bonds. The summed E-state index contributed by atoms with van der Waals surface area (Å²) < 4.78 is 13.2. The summed E-state index contributed by atoms with van der Waals surface area (Å²) in [6, 6.07) is 45.8. The van der Waals surface area contributed by atoms with Gasteiger partial charge in [-0.15, -0.1) is 0 Å². The fourth-order valence-electron chi connectivity index (χ4n) is 7.84. The van der Waals surface area contributed by atoms with E-state index in [4.69, 9.17) is 8.83 Å². The van der Waals surface area contributed by atoms with Crippen molar-refractivity contribution in [1.82, 2.24) is 0 Å². The third-order valence-electron chi connectivity index (χ3n) is 10.1. The molecule has 2 aromatic heterocycles. The van der Waals surface area contributed by atoms with E-state index in [-0.39, 0.29) is 6.04 Å². The van der Waals surface area contributed by atoms with Crippen LogP contribution < -0.4 is 4.90 Å². The number of benzene rings is 7. The summed E-state index contributed by atoms with van der Waals surface area (Å²) in [4.78, 5) is 2.47. The van der Waals surface area contributed by atoms with E-state index in [1.807, 2.05) is 0 Å². The number of furan rings is 2. The molecule has 9 aromatic rings. The lowest BCUT2D eigenvalue weighted by atomic mass is 9.97. The molecule has 228 valence electrons. The number of fused-ring (bicyclic) bond motifs is 10. The highest BCUT2D eigenvalue weighted by atomic mass is 16.3. The van der Waals surface area contributed by atoms with Crippen LogP contribution >= 0.6 is 0 Å². The molecule has 1 atom stereocenters. The van der Waals surface area contributed by atoms with Crippen LogP contribution in [0.25, 0.3) is 76.5 Å². The van der Waals surface area contributed by atoms with Gasteiger partial charge in [0.25, 0.3) is 0 Å². The molecule has 0 saturated heterocycles. The van der Waals surface area contributed by atoms with E-state index in [1.54, 1.807) is 0 Å². The largest absolute Gasteiger partial charge is 0.456 e. The predicted molar refractivity (Wildman–Crippen MR) is 201 cm³/mol. The van der Waals surface area contributed by atoms with Gasteiger partial charge in [-0.25, -0.2) is 0 Å². The maximum atomic E-state index is 6.75. The molecule has 0 aliphatic heterocycles. The molecule has 1 unspecified atom stereocenters. The molecule has 0 spiro atoms. The van der Waals surface area contributed by atoms with E-state index in [0.717, 1.165) is 61.7 Å². The molecule has 3 heteroatoms. The molecule has 3 nitrogen and oxygen atoms in total. The molecule has 0 radical (unpaired) electrons. The fourth-order valence-corrected chi connectivity index (χ4v) is 7.84. The summed E-state index contributed by atoms with van der Waals surface area (Å²) in [6.07, 6.45) is 9.76. The summed E-state index contributed by atoms with van der Waals surface area (Å²) in [7, 11) is 0. The number of allylic oxidation sites excluding steroid dienone is 2. The third-order valence-corrected chi connectivity index (χ3v) is 10.1. The van der Waals surface area contributed by atoms with Gasteiger partial charge in [0.15, 0.2) is 0 Å². The van der Waals surface area contributed by atoms with Gasteiger partial charge in [-0.1, -0.05) is 115 Å². The molecule has 0 N–H and O–H groups in total. The average Bonchev–Trinajstić information content (AvgIpc) is 3.68. The lowest BCUT2D eigenvalue weighted by Gasteiger charge is -2.33. The second-order valence-corrected chi connectivity index (χ2v) is 12.9. The molecule has 48 heavy (non-hydrogen) atoms. The van der Waals surface area contributed by atoms with Crippen LogP contribution in [-0.4, -0.2) is 6.04 Å². The highest BCUT2D eigenvalue weighted by Gasteiger charge is 2.24. The maximum absolute atomic E-state index is 6.75. The minimum absolute atomic E-state index is 0.160. The zero-order chi connectivity index (χ0) is 31.8. The van der Waals surface area contributed by atoms with Crippen LogP contribution in [0.1, 0.15) is 12.0 Å². The Kier molecular flexibility index (Phi) is 5.91. The minimum atomic E-state index is 0.160. The standard InChI is InChI=1S/C45H31NO2/c1-28-24-42-44(35-18-10-8-16-33(28)35)37-25-38-41(27-40(37)47-42)48-43-26-39(34-17-9-11-19-36(34)45(38)43)46(31-14-6-3-7-15-31)32-22-20-30(21-23-32)29-12-4-2-5-13-29/h2-14,16-27,31H,15H2,1H3. The Hall–Kier alpha value is -6.06. The molecule has 1 aliphatic carbocycles. The highest BCUT2D eigenvalue weighted by Crippen LogP contribution is 2.46. The van der Waals surface area contributed by atoms with E-state index in [0.29, 0.717) is 0 Å². The molecular weight excluding hydrogens is 587 g/mol. The Bertz CT molecular complexity index is 2760.